The molecule has 5 rings (SSSR count). The number of anilines is 1. The molecule has 11 nitrogen and oxygen atoms in total. The molecular formula is C27H29BrF3N5O6. The van der Waals surface area contributed by atoms with E-state index in [1.54, 1.807) is 12.1 Å². The number of methoxy groups -OCH3 is 1. The van der Waals surface area contributed by atoms with Crippen LogP contribution in [0.5, 0.6) is 0 Å². The third kappa shape index (κ3) is 5.69. The zero-order valence-corrected chi connectivity index (χ0v) is 24.1. The van der Waals surface area contributed by atoms with Crippen molar-refractivity contribution in [3.63, 3.8) is 0 Å². The van der Waals surface area contributed by atoms with Gasteiger partial charge in [0.1, 0.15) is 30.0 Å². The molecule has 0 saturated carbocycles. The fourth-order valence-electron chi connectivity index (χ4n) is 5.51. The van der Waals surface area contributed by atoms with Crippen LogP contribution in [0.1, 0.15) is 11.6 Å². The number of ether oxygens (including phenoxy) is 2. The van der Waals surface area contributed by atoms with Crippen LogP contribution >= 0.6 is 15.9 Å². The zero-order valence-electron chi connectivity index (χ0n) is 22.5. The number of benzene rings is 2. The second-order valence-electron chi connectivity index (χ2n) is 10.3. The van der Waals surface area contributed by atoms with E-state index < -0.39 is 72.6 Å². The standard InChI is InChI=1S/C27H29BrF3N5O6/c1-12-3-14(28)7-15(4-12)36(19-8-32-9-20(19)38)27(40)26-25(41-2)23(24(39)21(11-37)42-26)35-10-18(33-34-35)13-5-16(29)22(31)17(30)6-13/h3-7,10,19-21,23-26,32,37-39H,8-9,11H2,1-2H3/t19-,20-,21?,23?,24?,25?,26?/m1/s1. The lowest BCUT2D eigenvalue weighted by atomic mass is 9.91. The normalized spacial score (nSPS) is 27.8. The molecule has 7 atom stereocenters. The largest absolute Gasteiger partial charge is 0.394 e. The summed E-state index contributed by atoms with van der Waals surface area (Å²) in [5.74, 6) is -5.08. The topological polar surface area (TPSA) is 142 Å². The second-order valence-corrected chi connectivity index (χ2v) is 11.2. The van der Waals surface area contributed by atoms with Gasteiger partial charge in [-0.15, -0.1) is 5.10 Å². The van der Waals surface area contributed by atoms with Crippen LogP contribution < -0.4 is 10.2 Å². The van der Waals surface area contributed by atoms with Crippen molar-refractivity contribution in [3.8, 4) is 11.3 Å². The first-order chi connectivity index (χ1) is 20.0. The quantitative estimate of drug-likeness (QED) is 0.279. The van der Waals surface area contributed by atoms with E-state index in [1.807, 2.05) is 13.0 Å². The fourth-order valence-corrected chi connectivity index (χ4v) is 6.10. The molecule has 3 aromatic rings. The molecule has 1 amide bonds. The Kier molecular flexibility index (Phi) is 8.99. The summed E-state index contributed by atoms with van der Waals surface area (Å²) >= 11 is 3.45. The predicted octanol–water partition coefficient (Wildman–Crippen LogP) is 1.48. The SMILES string of the molecule is COC1C(C(=O)N(c2cc(C)cc(Br)c2)[C@@H]2CNC[C@H]2O)OC(CO)C(O)C1n1cc(-c2cc(F)c(F)c(F)c2)nn1. The van der Waals surface area contributed by atoms with Crippen LogP contribution in [0, 0.1) is 24.4 Å². The van der Waals surface area contributed by atoms with Gasteiger partial charge in [0.2, 0.25) is 0 Å². The zero-order chi connectivity index (χ0) is 30.3. The lowest BCUT2D eigenvalue weighted by Crippen LogP contribution is -2.63. The highest BCUT2D eigenvalue weighted by Gasteiger charge is 2.52. The smallest absolute Gasteiger partial charge is 0.259 e. The predicted molar refractivity (Wildman–Crippen MR) is 146 cm³/mol. The number of amides is 1. The van der Waals surface area contributed by atoms with Gasteiger partial charge in [0.25, 0.3) is 5.91 Å². The molecular weight excluding hydrogens is 627 g/mol. The monoisotopic (exact) mass is 655 g/mol. The van der Waals surface area contributed by atoms with Crippen molar-refractivity contribution < 1.29 is 42.8 Å². The Morgan fingerprint density at radius 2 is 1.90 bits per heavy atom. The molecule has 3 heterocycles. The highest BCUT2D eigenvalue weighted by molar-refractivity contribution is 9.10. The minimum Gasteiger partial charge on any atom is -0.394 e. The van der Waals surface area contributed by atoms with E-state index in [9.17, 15) is 33.3 Å². The van der Waals surface area contributed by atoms with Crippen molar-refractivity contribution in [1.29, 1.82) is 0 Å². The van der Waals surface area contributed by atoms with E-state index in [-0.39, 0.29) is 24.3 Å². The average Bonchev–Trinajstić information content (AvgIpc) is 3.60. The summed E-state index contributed by atoms with van der Waals surface area (Å²) in [6.45, 7) is 1.73. The molecule has 0 bridgehead atoms. The lowest BCUT2D eigenvalue weighted by Gasteiger charge is -2.45. The van der Waals surface area contributed by atoms with Crippen molar-refractivity contribution >= 4 is 27.5 Å². The summed E-state index contributed by atoms with van der Waals surface area (Å²) in [5, 5.41) is 43.0. The Morgan fingerprint density at radius 1 is 1.19 bits per heavy atom. The van der Waals surface area contributed by atoms with Crippen molar-refractivity contribution in [2.24, 2.45) is 0 Å². The van der Waals surface area contributed by atoms with Gasteiger partial charge in [0, 0.05) is 35.9 Å². The number of nitrogens with zero attached hydrogens (tertiary/aromatic N) is 4. The van der Waals surface area contributed by atoms with Crippen LogP contribution in [-0.2, 0) is 14.3 Å². The van der Waals surface area contributed by atoms with Gasteiger partial charge in [0.15, 0.2) is 23.6 Å². The summed E-state index contributed by atoms with van der Waals surface area (Å²) in [6.07, 6.45) is -4.97. The van der Waals surface area contributed by atoms with Crippen molar-refractivity contribution in [1.82, 2.24) is 20.3 Å². The van der Waals surface area contributed by atoms with Crippen LogP contribution in [-0.4, -0.2) is 99.6 Å². The number of aliphatic hydroxyl groups is 3. The van der Waals surface area contributed by atoms with Crippen LogP contribution in [0.25, 0.3) is 11.3 Å². The van der Waals surface area contributed by atoms with Gasteiger partial charge in [0.05, 0.1) is 24.9 Å². The number of aryl methyl sites for hydroxylation is 1. The molecule has 15 heteroatoms. The van der Waals surface area contributed by atoms with Crippen molar-refractivity contribution in [2.75, 3.05) is 31.7 Å². The van der Waals surface area contributed by atoms with E-state index in [4.69, 9.17) is 9.47 Å². The minimum absolute atomic E-state index is 0.0452. The van der Waals surface area contributed by atoms with Crippen molar-refractivity contribution in [2.45, 2.75) is 49.5 Å². The number of rotatable bonds is 7. The van der Waals surface area contributed by atoms with Gasteiger partial charge in [-0.05, 0) is 42.8 Å². The molecule has 1 aromatic heterocycles. The van der Waals surface area contributed by atoms with E-state index in [1.165, 1.54) is 18.2 Å². The number of halogens is 4. The second kappa shape index (κ2) is 12.4. The van der Waals surface area contributed by atoms with Gasteiger partial charge in [-0.25, -0.2) is 17.9 Å². The lowest BCUT2D eigenvalue weighted by molar-refractivity contribution is -0.211. The molecule has 226 valence electrons. The minimum atomic E-state index is -1.63. The van der Waals surface area contributed by atoms with E-state index >= 15 is 0 Å². The first-order valence-electron chi connectivity index (χ1n) is 13.1. The number of hydrogen-bond acceptors (Lipinski definition) is 9. The first kappa shape index (κ1) is 30.5. The summed E-state index contributed by atoms with van der Waals surface area (Å²) in [7, 11) is 1.30. The third-order valence-electron chi connectivity index (χ3n) is 7.50. The maximum absolute atomic E-state index is 14.3. The van der Waals surface area contributed by atoms with E-state index in [2.05, 4.69) is 31.6 Å². The molecule has 2 aliphatic heterocycles. The number of β-amino-alcohol motifs (C(OH)–C–C–N with tert-alkyl or cyclic N) is 1. The summed E-state index contributed by atoms with van der Waals surface area (Å²) in [4.78, 5) is 15.8. The number of hydrogen-bond donors (Lipinski definition) is 4. The number of aromatic nitrogens is 3. The van der Waals surface area contributed by atoms with Gasteiger partial charge in [-0.1, -0.05) is 21.1 Å². The van der Waals surface area contributed by atoms with Crippen molar-refractivity contribution in [3.05, 3.63) is 64.0 Å². The first-order valence-corrected chi connectivity index (χ1v) is 13.9. The van der Waals surface area contributed by atoms with Gasteiger partial charge >= 0.3 is 0 Å². The third-order valence-corrected chi connectivity index (χ3v) is 7.96. The van der Waals surface area contributed by atoms with Crippen LogP contribution in [0.3, 0.4) is 0 Å². The Hall–Kier alpha value is -2.92. The Morgan fingerprint density at radius 3 is 2.50 bits per heavy atom. The van der Waals surface area contributed by atoms with Crippen LogP contribution in [0.4, 0.5) is 18.9 Å². The molecule has 0 aliphatic carbocycles. The van der Waals surface area contributed by atoms with Gasteiger partial charge in [-0.3, -0.25) is 4.79 Å². The molecule has 0 spiro atoms. The number of nitrogens with one attached hydrogen (secondary N) is 1. The molecule has 2 aromatic carbocycles. The maximum atomic E-state index is 14.3. The van der Waals surface area contributed by atoms with E-state index in [0.29, 0.717) is 10.2 Å². The summed E-state index contributed by atoms with van der Waals surface area (Å²) in [6, 6.07) is 5.03. The number of aliphatic hydroxyl groups excluding tert-OH is 3. The molecule has 5 unspecified atom stereocenters. The fraction of sp³-hybridized carbons (Fsp3) is 0.444. The molecule has 42 heavy (non-hydrogen) atoms. The number of carbonyl (C=O) groups is 1. The van der Waals surface area contributed by atoms with E-state index in [0.717, 1.165) is 22.4 Å². The maximum Gasteiger partial charge on any atom is 0.259 e. The molecule has 2 aliphatic rings. The highest BCUT2D eigenvalue weighted by atomic mass is 79.9. The van der Waals surface area contributed by atoms with Gasteiger partial charge in [-0.2, -0.15) is 0 Å². The Balaban J connectivity index is 1.54. The number of carbonyl (C=O) groups excluding carboxylic acids is 1. The molecule has 4 N–H and O–H groups in total. The highest BCUT2D eigenvalue weighted by Crippen LogP contribution is 2.36. The van der Waals surface area contributed by atoms with Crippen LogP contribution in [0.2, 0.25) is 0 Å². The average molecular weight is 656 g/mol. The summed E-state index contributed by atoms with van der Waals surface area (Å²) < 4.78 is 54.7. The molecule has 0 radical (unpaired) electrons. The summed E-state index contributed by atoms with van der Waals surface area (Å²) in [5.41, 5.74) is 1.16. The van der Waals surface area contributed by atoms with Crippen LogP contribution in [0.15, 0.2) is 41.0 Å². The van der Waals surface area contributed by atoms with Gasteiger partial charge < -0.3 is 35.0 Å². The molecule has 2 saturated heterocycles. The molecule has 2 fully saturated rings. The Bertz CT molecular complexity index is 1420. The Labute approximate surface area is 247 Å².